The second-order valence-corrected chi connectivity index (χ2v) is 6.03. The number of esters is 1. The van der Waals surface area contributed by atoms with E-state index in [4.69, 9.17) is 4.74 Å². The van der Waals surface area contributed by atoms with E-state index in [9.17, 15) is 14.4 Å². The molecule has 2 aromatic carbocycles. The molecule has 0 spiro atoms. The van der Waals surface area contributed by atoms with Crippen LogP contribution in [-0.2, 0) is 9.53 Å². The van der Waals surface area contributed by atoms with Gasteiger partial charge in [-0.3, -0.25) is 9.59 Å². The van der Waals surface area contributed by atoms with E-state index >= 15 is 0 Å². The highest BCUT2D eigenvalue weighted by Gasteiger charge is 2.21. The van der Waals surface area contributed by atoms with Crippen molar-refractivity contribution < 1.29 is 19.1 Å². The highest BCUT2D eigenvalue weighted by Crippen LogP contribution is 2.18. The molecule has 2 amide bonds. The predicted molar refractivity (Wildman–Crippen MR) is 96.9 cm³/mol. The van der Waals surface area contributed by atoms with Crippen molar-refractivity contribution in [2.45, 2.75) is 12.8 Å². The van der Waals surface area contributed by atoms with Crippen LogP contribution in [0.2, 0.25) is 0 Å². The monoisotopic (exact) mass is 352 g/mol. The molecule has 0 radical (unpaired) electrons. The van der Waals surface area contributed by atoms with E-state index in [1.165, 1.54) is 0 Å². The maximum absolute atomic E-state index is 12.4. The lowest BCUT2D eigenvalue weighted by Crippen LogP contribution is -2.32. The number of hydrogen-bond acceptors (Lipinski definition) is 4. The van der Waals surface area contributed by atoms with Gasteiger partial charge in [0.2, 0.25) is 0 Å². The molecular weight excluding hydrogens is 332 g/mol. The van der Waals surface area contributed by atoms with Crippen molar-refractivity contribution >= 4 is 23.5 Å². The molecule has 3 rings (SSSR count). The van der Waals surface area contributed by atoms with Gasteiger partial charge >= 0.3 is 5.97 Å². The first-order valence-electron chi connectivity index (χ1n) is 8.55. The van der Waals surface area contributed by atoms with E-state index in [0.29, 0.717) is 24.3 Å². The van der Waals surface area contributed by atoms with Crippen LogP contribution in [0.15, 0.2) is 54.6 Å². The summed E-state index contributed by atoms with van der Waals surface area (Å²) in [5.41, 5.74) is 1.05. The van der Waals surface area contributed by atoms with Crippen LogP contribution in [0.5, 0.6) is 0 Å². The SMILES string of the molecule is O=C(Nc1ccccc1C(=O)OCC(=O)N1CCCC1)c1ccccc1. The lowest BCUT2D eigenvalue weighted by molar-refractivity contribution is -0.133. The summed E-state index contributed by atoms with van der Waals surface area (Å²) >= 11 is 0. The summed E-state index contributed by atoms with van der Waals surface area (Å²) in [7, 11) is 0. The number of rotatable bonds is 5. The summed E-state index contributed by atoms with van der Waals surface area (Å²) in [5, 5.41) is 2.72. The number of benzene rings is 2. The Labute approximate surface area is 151 Å². The third kappa shape index (κ3) is 4.27. The van der Waals surface area contributed by atoms with Crippen molar-refractivity contribution in [2.24, 2.45) is 0 Å². The molecular formula is C20H20N2O4. The Morgan fingerprint density at radius 3 is 2.31 bits per heavy atom. The van der Waals surface area contributed by atoms with E-state index in [0.717, 1.165) is 12.8 Å². The summed E-state index contributed by atoms with van der Waals surface area (Å²) in [6, 6.07) is 15.3. The van der Waals surface area contributed by atoms with Gasteiger partial charge in [0, 0.05) is 18.7 Å². The lowest BCUT2D eigenvalue weighted by atomic mass is 10.1. The maximum atomic E-state index is 12.4. The van der Waals surface area contributed by atoms with Gasteiger partial charge in [-0.2, -0.15) is 0 Å². The molecule has 0 aliphatic carbocycles. The Bertz CT molecular complexity index is 798. The Balaban J connectivity index is 1.65. The van der Waals surface area contributed by atoms with Crippen LogP contribution >= 0.6 is 0 Å². The van der Waals surface area contributed by atoms with Crippen molar-refractivity contribution in [3.63, 3.8) is 0 Å². The topological polar surface area (TPSA) is 75.7 Å². The molecule has 0 atom stereocenters. The molecule has 1 heterocycles. The normalized spacial score (nSPS) is 13.3. The standard InChI is InChI=1S/C20H20N2O4/c23-18(22-12-6-7-13-22)14-26-20(25)16-10-4-5-11-17(16)21-19(24)15-8-2-1-3-9-15/h1-5,8-11H,6-7,12-14H2,(H,21,24). The van der Waals surface area contributed by atoms with E-state index in [2.05, 4.69) is 5.32 Å². The number of para-hydroxylation sites is 1. The van der Waals surface area contributed by atoms with Gasteiger partial charge in [0.15, 0.2) is 6.61 Å². The molecule has 0 aromatic heterocycles. The van der Waals surface area contributed by atoms with Gasteiger partial charge in [-0.1, -0.05) is 30.3 Å². The average Bonchev–Trinajstić information content (AvgIpc) is 3.22. The molecule has 0 bridgehead atoms. The van der Waals surface area contributed by atoms with Crippen LogP contribution in [0.3, 0.4) is 0 Å². The van der Waals surface area contributed by atoms with Crippen LogP contribution in [0.25, 0.3) is 0 Å². The molecule has 2 aromatic rings. The number of carbonyl (C=O) groups excluding carboxylic acids is 3. The summed E-state index contributed by atoms with van der Waals surface area (Å²) in [6.07, 6.45) is 1.96. The first-order valence-corrected chi connectivity index (χ1v) is 8.55. The number of nitrogens with one attached hydrogen (secondary N) is 1. The minimum Gasteiger partial charge on any atom is -0.452 e. The number of carbonyl (C=O) groups is 3. The van der Waals surface area contributed by atoms with Gasteiger partial charge in [-0.15, -0.1) is 0 Å². The van der Waals surface area contributed by atoms with E-state index in [1.807, 2.05) is 6.07 Å². The van der Waals surface area contributed by atoms with Crippen molar-refractivity contribution in [1.29, 1.82) is 0 Å². The Kier molecular flexibility index (Phi) is 5.63. The third-order valence-corrected chi connectivity index (χ3v) is 4.22. The smallest absolute Gasteiger partial charge is 0.340 e. The van der Waals surface area contributed by atoms with E-state index in [-0.39, 0.29) is 24.0 Å². The van der Waals surface area contributed by atoms with Crippen LogP contribution in [0.1, 0.15) is 33.6 Å². The molecule has 1 saturated heterocycles. The van der Waals surface area contributed by atoms with Gasteiger partial charge in [0.05, 0.1) is 11.3 Å². The van der Waals surface area contributed by atoms with Crippen molar-refractivity contribution in [2.75, 3.05) is 25.0 Å². The molecule has 1 fully saturated rings. The zero-order chi connectivity index (χ0) is 18.4. The minimum absolute atomic E-state index is 0.193. The van der Waals surface area contributed by atoms with E-state index < -0.39 is 5.97 Å². The number of hydrogen-bond donors (Lipinski definition) is 1. The van der Waals surface area contributed by atoms with Crippen LogP contribution in [0, 0.1) is 0 Å². The maximum Gasteiger partial charge on any atom is 0.340 e. The fourth-order valence-electron chi connectivity index (χ4n) is 2.82. The fourth-order valence-corrected chi connectivity index (χ4v) is 2.82. The highest BCUT2D eigenvalue weighted by molar-refractivity contribution is 6.08. The first kappa shape index (κ1) is 17.7. The number of amides is 2. The number of likely N-dealkylation sites (tertiary alicyclic amines) is 1. The molecule has 1 N–H and O–H groups in total. The van der Waals surface area contributed by atoms with E-state index in [1.54, 1.807) is 53.4 Å². The van der Waals surface area contributed by atoms with Gasteiger partial charge in [-0.25, -0.2) is 4.79 Å². The van der Waals surface area contributed by atoms with Crippen LogP contribution in [-0.4, -0.2) is 42.4 Å². The Morgan fingerprint density at radius 2 is 1.58 bits per heavy atom. The quantitative estimate of drug-likeness (QED) is 0.840. The fraction of sp³-hybridized carbons (Fsp3) is 0.250. The second kappa shape index (κ2) is 8.29. The summed E-state index contributed by atoms with van der Waals surface area (Å²) < 4.78 is 5.15. The minimum atomic E-state index is -0.637. The molecule has 6 heteroatoms. The number of ether oxygens (including phenoxy) is 1. The molecule has 1 aliphatic heterocycles. The van der Waals surface area contributed by atoms with Crippen molar-refractivity contribution in [3.05, 3.63) is 65.7 Å². The summed E-state index contributed by atoms with van der Waals surface area (Å²) in [6.45, 7) is 1.13. The third-order valence-electron chi connectivity index (χ3n) is 4.22. The highest BCUT2D eigenvalue weighted by atomic mass is 16.5. The Hall–Kier alpha value is -3.15. The molecule has 0 saturated carbocycles. The molecule has 134 valence electrons. The zero-order valence-corrected chi connectivity index (χ0v) is 14.3. The lowest BCUT2D eigenvalue weighted by Gasteiger charge is -2.15. The zero-order valence-electron chi connectivity index (χ0n) is 14.3. The summed E-state index contributed by atoms with van der Waals surface area (Å²) in [4.78, 5) is 38.4. The first-order chi connectivity index (χ1) is 12.6. The molecule has 6 nitrogen and oxygen atoms in total. The number of nitrogens with zero attached hydrogens (tertiary/aromatic N) is 1. The van der Waals surface area contributed by atoms with Gasteiger partial charge in [0.25, 0.3) is 11.8 Å². The second-order valence-electron chi connectivity index (χ2n) is 6.03. The molecule has 26 heavy (non-hydrogen) atoms. The molecule has 0 unspecified atom stereocenters. The van der Waals surface area contributed by atoms with Gasteiger partial charge < -0.3 is 15.0 Å². The van der Waals surface area contributed by atoms with Crippen molar-refractivity contribution in [3.8, 4) is 0 Å². The van der Waals surface area contributed by atoms with Gasteiger partial charge in [0.1, 0.15) is 0 Å². The van der Waals surface area contributed by atoms with Crippen molar-refractivity contribution in [1.82, 2.24) is 4.90 Å². The summed E-state index contributed by atoms with van der Waals surface area (Å²) in [5.74, 6) is -1.15. The predicted octanol–water partition coefficient (Wildman–Crippen LogP) is 2.72. The number of anilines is 1. The molecule has 1 aliphatic rings. The largest absolute Gasteiger partial charge is 0.452 e. The average molecular weight is 352 g/mol. The Morgan fingerprint density at radius 1 is 0.923 bits per heavy atom. The van der Waals surface area contributed by atoms with Crippen LogP contribution < -0.4 is 5.32 Å². The van der Waals surface area contributed by atoms with Crippen LogP contribution in [0.4, 0.5) is 5.69 Å². The van der Waals surface area contributed by atoms with Gasteiger partial charge in [-0.05, 0) is 37.1 Å².